The molecule has 1 aromatic heterocycles. The van der Waals surface area contributed by atoms with Crippen LogP contribution in [0.2, 0.25) is 0 Å². The first-order chi connectivity index (χ1) is 11.1. The molecule has 2 fully saturated rings. The van der Waals surface area contributed by atoms with Crippen molar-refractivity contribution in [1.29, 1.82) is 0 Å². The van der Waals surface area contributed by atoms with Crippen LogP contribution >= 0.6 is 0 Å². The van der Waals surface area contributed by atoms with Crippen molar-refractivity contribution in [2.24, 2.45) is 5.41 Å². The molecule has 0 bridgehead atoms. The van der Waals surface area contributed by atoms with Gasteiger partial charge < -0.3 is 15.0 Å². The molecule has 6 nitrogen and oxygen atoms in total. The van der Waals surface area contributed by atoms with Crippen LogP contribution in [-0.4, -0.2) is 53.9 Å². The average molecular weight is 320 g/mol. The number of nitrogens with zero attached hydrogens (tertiary/aromatic N) is 3. The normalized spacial score (nSPS) is 23.7. The fourth-order valence-corrected chi connectivity index (χ4v) is 3.86. The van der Waals surface area contributed by atoms with Crippen molar-refractivity contribution in [1.82, 2.24) is 14.7 Å². The van der Waals surface area contributed by atoms with Crippen molar-refractivity contribution in [3.05, 3.63) is 12.4 Å². The lowest BCUT2D eigenvalue weighted by atomic mass is 9.67. The van der Waals surface area contributed by atoms with E-state index in [0.29, 0.717) is 6.04 Å². The molecule has 1 N–H and O–H groups in total. The molecule has 128 valence electrons. The standard InChI is InChI=1S/C17H28N4O2/c1-20(2)16(22)12-21-11-14(10-18-21)19-15-6-9-23-13-17(15)7-4-3-5-8-17/h10-11,15,19H,3-9,12-13H2,1-2H3. The SMILES string of the molecule is CN(C)C(=O)Cn1cc(NC2CCOCC23CCCCC3)cn1. The number of likely N-dealkylation sites (N-methyl/N-ethyl adjacent to an activating group) is 1. The maximum absolute atomic E-state index is 11.8. The van der Waals surface area contributed by atoms with Crippen molar-refractivity contribution < 1.29 is 9.53 Å². The van der Waals surface area contributed by atoms with Gasteiger partial charge in [-0.25, -0.2) is 0 Å². The largest absolute Gasteiger partial charge is 0.381 e. The third-order valence-corrected chi connectivity index (χ3v) is 5.30. The molecule has 23 heavy (non-hydrogen) atoms. The summed E-state index contributed by atoms with van der Waals surface area (Å²) in [5, 5.41) is 7.99. The number of hydrogen-bond acceptors (Lipinski definition) is 4. The number of aromatic nitrogens is 2. The predicted molar refractivity (Wildman–Crippen MR) is 89.3 cm³/mol. The van der Waals surface area contributed by atoms with E-state index in [0.717, 1.165) is 25.3 Å². The summed E-state index contributed by atoms with van der Waals surface area (Å²) in [4.78, 5) is 13.4. The monoisotopic (exact) mass is 320 g/mol. The minimum absolute atomic E-state index is 0.0504. The lowest BCUT2D eigenvalue weighted by Crippen LogP contribution is -2.49. The van der Waals surface area contributed by atoms with Crippen LogP contribution in [0, 0.1) is 5.41 Å². The average Bonchev–Trinajstić information content (AvgIpc) is 2.98. The second-order valence-corrected chi connectivity index (χ2v) is 7.18. The van der Waals surface area contributed by atoms with Crippen molar-refractivity contribution in [3.8, 4) is 0 Å². The number of anilines is 1. The molecule has 1 spiro atoms. The Labute approximate surface area is 138 Å². The van der Waals surface area contributed by atoms with E-state index in [2.05, 4.69) is 10.4 Å². The summed E-state index contributed by atoms with van der Waals surface area (Å²) in [6.45, 7) is 1.98. The van der Waals surface area contributed by atoms with E-state index in [1.54, 1.807) is 23.7 Å². The van der Waals surface area contributed by atoms with E-state index in [9.17, 15) is 4.79 Å². The van der Waals surface area contributed by atoms with Crippen molar-refractivity contribution in [2.75, 3.05) is 32.6 Å². The summed E-state index contributed by atoms with van der Waals surface area (Å²) < 4.78 is 7.51. The molecule has 6 heteroatoms. The van der Waals surface area contributed by atoms with E-state index in [1.807, 2.05) is 12.4 Å². The Kier molecular flexibility index (Phi) is 4.90. The van der Waals surface area contributed by atoms with Gasteiger partial charge in [-0.3, -0.25) is 9.48 Å². The Morgan fingerprint density at radius 1 is 1.43 bits per heavy atom. The number of rotatable bonds is 4. The van der Waals surface area contributed by atoms with Crippen LogP contribution < -0.4 is 5.32 Å². The first kappa shape index (κ1) is 16.3. The van der Waals surface area contributed by atoms with E-state index in [1.165, 1.54) is 32.1 Å². The molecule has 2 aliphatic rings. The molecule has 0 aromatic carbocycles. The highest BCUT2D eigenvalue weighted by Crippen LogP contribution is 2.43. The molecule has 2 heterocycles. The van der Waals surface area contributed by atoms with Crippen LogP contribution in [0.5, 0.6) is 0 Å². The van der Waals surface area contributed by atoms with Gasteiger partial charge >= 0.3 is 0 Å². The molecular weight excluding hydrogens is 292 g/mol. The topological polar surface area (TPSA) is 59.4 Å². The Morgan fingerprint density at radius 3 is 2.96 bits per heavy atom. The Morgan fingerprint density at radius 2 is 2.22 bits per heavy atom. The van der Waals surface area contributed by atoms with Gasteiger partial charge in [0.25, 0.3) is 0 Å². The summed E-state index contributed by atoms with van der Waals surface area (Å²) in [7, 11) is 3.53. The molecule has 1 aliphatic heterocycles. The van der Waals surface area contributed by atoms with Crippen LogP contribution in [0.4, 0.5) is 5.69 Å². The molecular formula is C17H28N4O2. The fraction of sp³-hybridized carbons (Fsp3) is 0.765. The van der Waals surface area contributed by atoms with E-state index in [4.69, 9.17) is 4.74 Å². The number of carbonyl (C=O) groups excluding carboxylic acids is 1. The minimum Gasteiger partial charge on any atom is -0.381 e. The Balaban J connectivity index is 1.65. The quantitative estimate of drug-likeness (QED) is 0.923. The first-order valence-corrected chi connectivity index (χ1v) is 8.66. The van der Waals surface area contributed by atoms with E-state index in [-0.39, 0.29) is 17.9 Å². The van der Waals surface area contributed by atoms with E-state index < -0.39 is 0 Å². The summed E-state index contributed by atoms with van der Waals surface area (Å²) in [5.74, 6) is 0.0504. The van der Waals surface area contributed by atoms with Crippen molar-refractivity contribution in [3.63, 3.8) is 0 Å². The zero-order valence-electron chi connectivity index (χ0n) is 14.3. The predicted octanol–water partition coefficient (Wildman–Crippen LogP) is 2.12. The van der Waals surface area contributed by atoms with Crippen LogP contribution in [0.25, 0.3) is 0 Å². The molecule has 1 amide bonds. The molecule has 1 saturated heterocycles. The highest BCUT2D eigenvalue weighted by atomic mass is 16.5. The zero-order valence-corrected chi connectivity index (χ0v) is 14.3. The van der Waals surface area contributed by atoms with Gasteiger partial charge in [0.05, 0.1) is 18.5 Å². The van der Waals surface area contributed by atoms with Gasteiger partial charge in [0, 0.05) is 38.4 Å². The second kappa shape index (κ2) is 6.91. The molecule has 1 aromatic rings. The molecule has 1 saturated carbocycles. The lowest BCUT2D eigenvalue weighted by molar-refractivity contribution is -0.129. The van der Waals surface area contributed by atoms with E-state index >= 15 is 0 Å². The minimum atomic E-state index is 0.0504. The maximum Gasteiger partial charge on any atom is 0.243 e. The summed E-state index contributed by atoms with van der Waals surface area (Å²) in [6, 6.07) is 0.443. The molecule has 1 atom stereocenters. The van der Waals surface area contributed by atoms with Gasteiger partial charge in [-0.1, -0.05) is 19.3 Å². The maximum atomic E-state index is 11.8. The first-order valence-electron chi connectivity index (χ1n) is 8.66. The number of amides is 1. The summed E-state index contributed by atoms with van der Waals surface area (Å²) in [6.07, 6.45) is 11.3. The molecule has 1 aliphatic carbocycles. The number of hydrogen-bond donors (Lipinski definition) is 1. The fourth-order valence-electron chi connectivity index (χ4n) is 3.86. The highest BCUT2D eigenvalue weighted by Gasteiger charge is 2.42. The van der Waals surface area contributed by atoms with Gasteiger partial charge in [-0.2, -0.15) is 5.10 Å². The molecule has 1 unspecified atom stereocenters. The molecule has 3 rings (SSSR count). The lowest BCUT2D eigenvalue weighted by Gasteiger charge is -2.46. The molecule has 0 radical (unpaired) electrons. The summed E-state index contributed by atoms with van der Waals surface area (Å²) >= 11 is 0. The van der Waals surface area contributed by atoms with Crippen LogP contribution in [-0.2, 0) is 16.1 Å². The van der Waals surface area contributed by atoms with Gasteiger partial charge in [0.1, 0.15) is 6.54 Å². The highest BCUT2D eigenvalue weighted by molar-refractivity contribution is 5.75. The van der Waals surface area contributed by atoms with Crippen molar-refractivity contribution >= 4 is 11.6 Å². The number of carbonyl (C=O) groups is 1. The van der Waals surface area contributed by atoms with Crippen LogP contribution in [0.3, 0.4) is 0 Å². The Hall–Kier alpha value is -1.56. The van der Waals surface area contributed by atoms with Crippen molar-refractivity contribution in [2.45, 2.75) is 51.1 Å². The Bertz CT molecular complexity index is 526. The third kappa shape index (κ3) is 3.68. The van der Waals surface area contributed by atoms with Gasteiger partial charge in [-0.15, -0.1) is 0 Å². The van der Waals surface area contributed by atoms with Gasteiger partial charge in [0.15, 0.2) is 0 Å². The van der Waals surface area contributed by atoms with Gasteiger partial charge in [0.2, 0.25) is 5.91 Å². The third-order valence-electron chi connectivity index (χ3n) is 5.30. The summed E-state index contributed by atoms with van der Waals surface area (Å²) in [5.41, 5.74) is 1.28. The second-order valence-electron chi connectivity index (χ2n) is 7.18. The smallest absolute Gasteiger partial charge is 0.243 e. The van der Waals surface area contributed by atoms with Crippen LogP contribution in [0.1, 0.15) is 38.5 Å². The number of ether oxygens (including phenoxy) is 1. The van der Waals surface area contributed by atoms with Gasteiger partial charge in [-0.05, 0) is 19.3 Å². The van der Waals surface area contributed by atoms with Crippen LogP contribution in [0.15, 0.2) is 12.4 Å². The number of nitrogens with one attached hydrogen (secondary N) is 1. The zero-order chi connectivity index (χ0) is 16.3.